The summed E-state index contributed by atoms with van der Waals surface area (Å²) < 4.78 is 34.0. The third-order valence-corrected chi connectivity index (χ3v) is 12.2. The zero-order valence-corrected chi connectivity index (χ0v) is 40.7. The molecular weight excluding hydrogens is 832 g/mol. The molecule has 0 aromatic carbocycles. The van der Waals surface area contributed by atoms with Crippen molar-refractivity contribution in [3.05, 3.63) is 48.6 Å². The first-order valence-corrected chi connectivity index (χ1v) is 25.8. The van der Waals surface area contributed by atoms with Gasteiger partial charge in [-0.25, -0.2) is 0 Å². The fraction of sp³-hybridized carbons (Fsp3) is 0.766. The van der Waals surface area contributed by atoms with E-state index in [1.807, 2.05) is 45.4 Å². The molecule has 1 unspecified atom stereocenters. The van der Waals surface area contributed by atoms with Crippen LogP contribution in [0.3, 0.4) is 0 Å². The zero-order valence-electron chi connectivity index (χ0n) is 39.0. The molecule has 0 heterocycles. The summed E-state index contributed by atoms with van der Waals surface area (Å²) in [6.45, 7) is 3.61. The molecule has 0 spiro atoms. The third-order valence-electron chi connectivity index (χ3n) is 9.85. The lowest BCUT2D eigenvalue weighted by molar-refractivity contribution is -0.870. The van der Waals surface area contributed by atoms with Gasteiger partial charge in [-0.15, -0.1) is 11.8 Å². The first-order valence-electron chi connectivity index (χ1n) is 23.3. The smallest absolute Gasteiger partial charge is 0.323 e. The average molecular weight is 917 g/mol. The Morgan fingerprint density at radius 1 is 0.758 bits per heavy atom. The van der Waals surface area contributed by atoms with Gasteiger partial charge in [-0.1, -0.05) is 152 Å². The topological polar surface area (TPSA) is 195 Å². The van der Waals surface area contributed by atoms with E-state index in [1.165, 1.54) is 88.8 Å². The van der Waals surface area contributed by atoms with Crippen LogP contribution in [-0.4, -0.2) is 109 Å². The number of ether oxygens (including phenoxy) is 2. The summed E-state index contributed by atoms with van der Waals surface area (Å²) in [7, 11) is 0.907. The Morgan fingerprint density at radius 2 is 1.35 bits per heavy atom. The molecule has 0 aliphatic carbocycles. The molecule has 0 amide bonds. The van der Waals surface area contributed by atoms with Crippen LogP contribution in [0.1, 0.15) is 155 Å². The van der Waals surface area contributed by atoms with E-state index in [-0.39, 0.29) is 38.0 Å². The summed E-state index contributed by atoms with van der Waals surface area (Å²) >= 11 is 1.22. The second kappa shape index (κ2) is 39.1. The normalized spacial score (nSPS) is 15.4. The van der Waals surface area contributed by atoms with E-state index in [9.17, 15) is 28.9 Å². The Hall–Kier alpha value is -2.29. The van der Waals surface area contributed by atoms with Gasteiger partial charge in [-0.3, -0.25) is 18.9 Å². The summed E-state index contributed by atoms with van der Waals surface area (Å²) in [5, 5.41) is 19.5. The fourth-order valence-electron chi connectivity index (χ4n) is 6.04. The molecule has 0 bridgehead atoms. The van der Waals surface area contributed by atoms with Crippen molar-refractivity contribution in [1.29, 1.82) is 0 Å². The number of phosphoric acid groups is 1. The van der Waals surface area contributed by atoms with E-state index in [2.05, 4.69) is 26.0 Å². The third kappa shape index (κ3) is 39.3. The monoisotopic (exact) mass is 917 g/mol. The number of allylic oxidation sites excluding steroid dienone is 7. The number of rotatable bonds is 42. The molecule has 0 saturated carbocycles. The largest absolute Gasteiger partial charge is 0.756 e. The van der Waals surface area contributed by atoms with E-state index in [0.29, 0.717) is 17.4 Å². The number of esters is 2. The van der Waals surface area contributed by atoms with Crippen molar-refractivity contribution < 1.29 is 57.1 Å². The minimum absolute atomic E-state index is 0.0495. The number of carboxylic acids is 1. The maximum atomic E-state index is 13.0. The Balaban J connectivity index is 5.25. The number of carbonyl (C=O) groups excluding carboxylic acids is 2. The summed E-state index contributed by atoms with van der Waals surface area (Å²) in [5.74, 6) is -2.28. The number of nitrogens with two attached hydrogens (primary N) is 1. The van der Waals surface area contributed by atoms with Crippen LogP contribution in [0.5, 0.6) is 0 Å². The fourth-order valence-corrected chi connectivity index (χ4v) is 7.89. The number of quaternary nitrogens is 1. The number of carboxylic acid groups (broad SMARTS) is 1. The molecule has 5 atom stereocenters. The van der Waals surface area contributed by atoms with Crippen molar-refractivity contribution in [1.82, 2.24) is 0 Å². The quantitative estimate of drug-likeness (QED) is 0.0131. The van der Waals surface area contributed by atoms with Crippen LogP contribution >= 0.6 is 19.6 Å². The second-order valence-electron chi connectivity index (χ2n) is 17.0. The Morgan fingerprint density at radius 3 is 1.97 bits per heavy atom. The molecule has 0 rings (SSSR count). The van der Waals surface area contributed by atoms with Crippen molar-refractivity contribution in [3.63, 3.8) is 0 Å². The number of nitrogens with zero attached hydrogens (tertiary/aromatic N) is 1. The van der Waals surface area contributed by atoms with Crippen LogP contribution in [0.25, 0.3) is 0 Å². The summed E-state index contributed by atoms with van der Waals surface area (Å²) in [5.41, 5.74) is 6.19. The molecule has 15 heteroatoms. The number of carbonyl (C=O) groups is 3. The molecular formula is C47H85N2O11PS. The molecule has 62 heavy (non-hydrogen) atoms. The van der Waals surface area contributed by atoms with E-state index in [4.69, 9.17) is 29.4 Å². The van der Waals surface area contributed by atoms with Gasteiger partial charge in [0.15, 0.2) is 6.10 Å². The highest BCUT2D eigenvalue weighted by Crippen LogP contribution is 2.38. The maximum absolute atomic E-state index is 13.0. The Kier molecular flexibility index (Phi) is 37.7. The summed E-state index contributed by atoms with van der Waals surface area (Å²) in [4.78, 5) is 49.4. The van der Waals surface area contributed by atoms with Crippen LogP contribution in [0, 0.1) is 0 Å². The van der Waals surface area contributed by atoms with Gasteiger partial charge in [-0.05, 0) is 38.5 Å². The van der Waals surface area contributed by atoms with E-state index in [0.717, 1.165) is 32.1 Å². The van der Waals surface area contributed by atoms with E-state index >= 15 is 0 Å². The predicted octanol–water partition coefficient (Wildman–Crippen LogP) is 9.37. The number of likely N-dealkylation sites (N-methyl/N-ethyl adjacent to an activating group) is 1. The average Bonchev–Trinajstić information content (AvgIpc) is 3.21. The molecule has 0 aromatic heterocycles. The van der Waals surface area contributed by atoms with Gasteiger partial charge in [0, 0.05) is 23.8 Å². The molecule has 0 aliphatic rings. The lowest BCUT2D eigenvalue weighted by atomic mass is 10.0. The molecule has 0 saturated heterocycles. The molecule has 0 radical (unpaired) electrons. The van der Waals surface area contributed by atoms with Gasteiger partial charge in [0.2, 0.25) is 0 Å². The SMILES string of the molecule is CCCCC/C=C\C\C=C/C=C/C=C/[C@@H](SC[C@H](N)C(=O)OC[C@H](COP(=O)([O-])OCC[N+](C)(C)C)OC(=O)CCCCCCCCCCCCCCC)[C@@H](O)CCCC(=O)O. The van der Waals surface area contributed by atoms with Crippen molar-refractivity contribution in [3.8, 4) is 0 Å². The molecule has 4 N–H and O–H groups in total. The molecule has 360 valence electrons. The lowest BCUT2D eigenvalue weighted by Crippen LogP contribution is -2.39. The first kappa shape index (κ1) is 59.7. The number of hydrogen-bond donors (Lipinski definition) is 3. The minimum atomic E-state index is -4.76. The van der Waals surface area contributed by atoms with Crippen molar-refractivity contribution in [2.45, 2.75) is 179 Å². The number of aliphatic hydroxyl groups excluding tert-OH is 1. The number of hydrogen-bond acceptors (Lipinski definition) is 12. The summed E-state index contributed by atoms with van der Waals surface area (Å²) in [6, 6.07) is -1.14. The van der Waals surface area contributed by atoms with Crippen LogP contribution in [0.2, 0.25) is 0 Å². The molecule has 0 fully saturated rings. The lowest BCUT2D eigenvalue weighted by Gasteiger charge is -2.28. The second-order valence-corrected chi connectivity index (χ2v) is 19.6. The maximum Gasteiger partial charge on any atom is 0.323 e. The first-order chi connectivity index (χ1) is 29.6. The Bertz CT molecular complexity index is 1320. The highest BCUT2D eigenvalue weighted by molar-refractivity contribution is 8.00. The van der Waals surface area contributed by atoms with Crippen LogP contribution in [-0.2, 0) is 37.5 Å². The van der Waals surface area contributed by atoms with Gasteiger partial charge in [0.1, 0.15) is 25.8 Å². The number of phosphoric ester groups is 1. The van der Waals surface area contributed by atoms with Crippen LogP contribution in [0.4, 0.5) is 0 Å². The van der Waals surface area contributed by atoms with Gasteiger partial charge in [-0.2, -0.15) is 0 Å². The highest BCUT2D eigenvalue weighted by atomic mass is 32.2. The predicted molar refractivity (Wildman–Crippen MR) is 251 cm³/mol. The van der Waals surface area contributed by atoms with Crippen molar-refractivity contribution in [2.75, 3.05) is 53.3 Å². The molecule has 0 aromatic rings. The number of thioether (sulfide) groups is 1. The van der Waals surface area contributed by atoms with Gasteiger partial charge in [0.05, 0.1) is 33.9 Å². The Labute approximate surface area is 379 Å². The van der Waals surface area contributed by atoms with Gasteiger partial charge < -0.3 is 43.8 Å². The minimum Gasteiger partial charge on any atom is -0.756 e. The van der Waals surface area contributed by atoms with Crippen LogP contribution in [0.15, 0.2) is 48.6 Å². The number of aliphatic hydroxyl groups is 1. The van der Waals surface area contributed by atoms with Crippen molar-refractivity contribution >= 4 is 37.5 Å². The van der Waals surface area contributed by atoms with E-state index < -0.39 is 62.4 Å². The van der Waals surface area contributed by atoms with Gasteiger partial charge >= 0.3 is 17.9 Å². The van der Waals surface area contributed by atoms with Crippen LogP contribution < -0.4 is 10.6 Å². The molecule has 13 nitrogen and oxygen atoms in total. The molecule has 0 aliphatic heterocycles. The van der Waals surface area contributed by atoms with Crippen molar-refractivity contribution in [2.24, 2.45) is 5.73 Å². The zero-order chi connectivity index (χ0) is 46.3. The standard InChI is InChI=1S/C47H85N2O11PS/c1-6-8-10-12-14-16-18-20-22-24-26-28-30-35-46(53)60-41(39-59-61(55,56)58-37-36-49(3,4)5)38-57-47(54)42(48)40-62-44(43(50)32-31-34-45(51)52)33-29-27-25-23-21-19-17-15-13-11-9-7-2/h15,17,21,23,25,27,29,33,41-44,50H,6-14,16,18-20,22,24,26,28,30-32,34-40,48H2,1-5H3,(H-,51,52,55,56)/b17-15-,23-21-,27-25+,33-29+/t41-,42+,43+,44-/m1/s1. The number of unbranched alkanes of at least 4 members (excludes halogenated alkanes) is 15. The van der Waals surface area contributed by atoms with E-state index in [1.54, 1.807) is 12.2 Å². The highest BCUT2D eigenvalue weighted by Gasteiger charge is 2.25. The summed E-state index contributed by atoms with van der Waals surface area (Å²) in [6.07, 6.45) is 34.6. The number of aliphatic carboxylic acids is 1. The van der Waals surface area contributed by atoms with Gasteiger partial charge in [0.25, 0.3) is 7.82 Å².